The minimum absolute atomic E-state index is 0.0268. The summed E-state index contributed by atoms with van der Waals surface area (Å²) < 4.78 is 11.2. The molecule has 0 bridgehead atoms. The molecule has 0 spiro atoms. The van der Waals surface area contributed by atoms with E-state index in [1.54, 1.807) is 12.1 Å². The standard InChI is InChI=1S/C26H23BrN2O6/c27-22-11-5-10-20(25(31)32)24(22)29-23(30)15-34-13-12-28-26(33)35-14-21-18-8-3-1-6-16(18)17-7-2-4-9-19(17)21/h1-11,21H,12-15H2,(H,28,33)(H,29,30)(H,31,32). The summed E-state index contributed by atoms with van der Waals surface area (Å²) in [6, 6.07) is 20.8. The molecule has 1 aliphatic carbocycles. The Morgan fingerprint density at radius 3 is 2.23 bits per heavy atom. The molecule has 3 N–H and O–H groups in total. The Morgan fingerprint density at radius 2 is 1.57 bits per heavy atom. The summed E-state index contributed by atoms with van der Waals surface area (Å²) in [5, 5.41) is 14.4. The topological polar surface area (TPSA) is 114 Å². The first-order valence-electron chi connectivity index (χ1n) is 10.9. The zero-order chi connectivity index (χ0) is 24.8. The van der Waals surface area contributed by atoms with Gasteiger partial charge in [-0.3, -0.25) is 4.79 Å². The van der Waals surface area contributed by atoms with E-state index in [0.717, 1.165) is 22.3 Å². The maximum absolute atomic E-state index is 12.2. The number of carboxylic acids is 1. The molecular weight excluding hydrogens is 516 g/mol. The van der Waals surface area contributed by atoms with Gasteiger partial charge in [-0.15, -0.1) is 0 Å². The predicted octanol–water partition coefficient (Wildman–Crippen LogP) is 4.64. The largest absolute Gasteiger partial charge is 0.478 e. The third kappa shape index (κ3) is 5.70. The number of carboxylic acid groups (broad SMARTS) is 1. The van der Waals surface area contributed by atoms with Crippen LogP contribution >= 0.6 is 15.9 Å². The molecule has 0 fully saturated rings. The summed E-state index contributed by atoms with van der Waals surface area (Å²) in [6.07, 6.45) is -0.570. The second-order valence-corrected chi connectivity index (χ2v) is 8.67. The lowest BCUT2D eigenvalue weighted by molar-refractivity contribution is -0.120. The number of alkyl carbamates (subject to hydrolysis) is 1. The first-order valence-corrected chi connectivity index (χ1v) is 11.7. The number of carbonyl (C=O) groups excluding carboxylic acids is 2. The lowest BCUT2D eigenvalue weighted by Crippen LogP contribution is -2.30. The van der Waals surface area contributed by atoms with E-state index in [4.69, 9.17) is 9.47 Å². The highest BCUT2D eigenvalue weighted by Crippen LogP contribution is 2.44. The zero-order valence-corrected chi connectivity index (χ0v) is 20.2. The number of hydrogen-bond acceptors (Lipinski definition) is 5. The van der Waals surface area contributed by atoms with Crippen LogP contribution in [0.2, 0.25) is 0 Å². The molecule has 9 heteroatoms. The number of rotatable bonds is 9. The number of halogens is 1. The van der Waals surface area contributed by atoms with Gasteiger partial charge in [-0.25, -0.2) is 9.59 Å². The molecule has 0 saturated carbocycles. The van der Waals surface area contributed by atoms with E-state index in [0.29, 0.717) is 4.47 Å². The van der Waals surface area contributed by atoms with Gasteiger partial charge in [0.2, 0.25) is 5.91 Å². The van der Waals surface area contributed by atoms with Crippen molar-refractivity contribution < 1.29 is 29.0 Å². The fourth-order valence-electron chi connectivity index (χ4n) is 4.04. The first kappa shape index (κ1) is 24.4. The van der Waals surface area contributed by atoms with Crippen LogP contribution in [-0.2, 0) is 14.3 Å². The van der Waals surface area contributed by atoms with E-state index in [-0.39, 0.29) is 43.5 Å². The Labute approximate surface area is 210 Å². The van der Waals surface area contributed by atoms with E-state index in [2.05, 4.69) is 38.7 Å². The van der Waals surface area contributed by atoms with Crippen LogP contribution in [-0.4, -0.2) is 49.4 Å². The summed E-state index contributed by atoms with van der Waals surface area (Å²) in [5.74, 6) is -1.70. The highest BCUT2D eigenvalue weighted by molar-refractivity contribution is 9.10. The summed E-state index contributed by atoms with van der Waals surface area (Å²) in [7, 11) is 0. The van der Waals surface area contributed by atoms with Crippen molar-refractivity contribution in [3.8, 4) is 11.1 Å². The maximum atomic E-state index is 12.2. The van der Waals surface area contributed by atoms with Crippen LogP contribution in [0.3, 0.4) is 0 Å². The van der Waals surface area contributed by atoms with Crippen molar-refractivity contribution >= 4 is 39.6 Å². The van der Waals surface area contributed by atoms with Gasteiger partial charge in [-0.05, 0) is 50.3 Å². The van der Waals surface area contributed by atoms with Crippen LogP contribution in [0, 0.1) is 0 Å². The molecular formula is C26H23BrN2O6. The molecule has 0 heterocycles. The number of hydrogen-bond donors (Lipinski definition) is 3. The Kier molecular flexibility index (Phi) is 7.79. The van der Waals surface area contributed by atoms with Crippen molar-refractivity contribution in [2.24, 2.45) is 0 Å². The SMILES string of the molecule is O=C(COCCNC(=O)OCC1c2ccccc2-c2ccccc21)Nc1c(Br)cccc1C(=O)O. The minimum Gasteiger partial charge on any atom is -0.478 e. The summed E-state index contributed by atoms with van der Waals surface area (Å²) in [4.78, 5) is 35.6. The quantitative estimate of drug-likeness (QED) is 0.342. The van der Waals surface area contributed by atoms with Crippen LogP contribution < -0.4 is 10.6 Å². The van der Waals surface area contributed by atoms with Crippen molar-refractivity contribution in [1.82, 2.24) is 5.32 Å². The molecule has 1 aliphatic rings. The Morgan fingerprint density at radius 1 is 0.914 bits per heavy atom. The number of carbonyl (C=O) groups is 3. The smallest absolute Gasteiger partial charge is 0.407 e. The second-order valence-electron chi connectivity index (χ2n) is 7.82. The number of fused-ring (bicyclic) bond motifs is 3. The average Bonchev–Trinajstić information content (AvgIpc) is 3.17. The molecule has 4 rings (SSSR count). The molecule has 0 radical (unpaired) electrons. The lowest BCUT2D eigenvalue weighted by Gasteiger charge is -2.14. The number of amides is 2. The van der Waals surface area contributed by atoms with Gasteiger partial charge < -0.3 is 25.2 Å². The minimum atomic E-state index is -1.16. The van der Waals surface area contributed by atoms with E-state index in [1.807, 2.05) is 36.4 Å². The third-order valence-electron chi connectivity index (χ3n) is 5.60. The van der Waals surface area contributed by atoms with E-state index in [9.17, 15) is 19.5 Å². The van der Waals surface area contributed by atoms with Gasteiger partial charge in [-0.2, -0.15) is 0 Å². The third-order valence-corrected chi connectivity index (χ3v) is 6.26. The molecule has 0 aromatic heterocycles. The zero-order valence-electron chi connectivity index (χ0n) is 18.6. The molecule has 3 aromatic carbocycles. The second kappa shape index (κ2) is 11.2. The van der Waals surface area contributed by atoms with Gasteiger partial charge in [0, 0.05) is 16.9 Å². The number of nitrogens with one attached hydrogen (secondary N) is 2. The summed E-state index contributed by atoms with van der Waals surface area (Å²) in [6.45, 7) is 0.145. The molecule has 0 saturated heterocycles. The monoisotopic (exact) mass is 538 g/mol. The van der Waals surface area contributed by atoms with Crippen LogP contribution in [0.15, 0.2) is 71.2 Å². The van der Waals surface area contributed by atoms with E-state index < -0.39 is 18.0 Å². The molecule has 2 amide bonds. The highest BCUT2D eigenvalue weighted by atomic mass is 79.9. The number of benzene rings is 3. The normalized spacial score (nSPS) is 11.9. The highest BCUT2D eigenvalue weighted by Gasteiger charge is 2.28. The van der Waals surface area contributed by atoms with E-state index in [1.165, 1.54) is 6.07 Å². The fraction of sp³-hybridized carbons (Fsp3) is 0.192. The van der Waals surface area contributed by atoms with Gasteiger partial charge in [0.1, 0.15) is 13.2 Å². The van der Waals surface area contributed by atoms with Crippen LogP contribution in [0.5, 0.6) is 0 Å². The molecule has 0 aliphatic heterocycles. The molecule has 35 heavy (non-hydrogen) atoms. The fourth-order valence-corrected chi connectivity index (χ4v) is 4.51. The Hall–Kier alpha value is -3.69. The van der Waals surface area contributed by atoms with Gasteiger partial charge >= 0.3 is 12.1 Å². The number of ether oxygens (including phenoxy) is 2. The van der Waals surface area contributed by atoms with Crippen molar-refractivity contribution in [2.75, 3.05) is 31.7 Å². The van der Waals surface area contributed by atoms with Gasteiger partial charge in [-0.1, -0.05) is 54.6 Å². The molecule has 3 aromatic rings. The Bertz CT molecular complexity index is 1220. The number of aromatic carboxylic acids is 1. The van der Waals surface area contributed by atoms with Crippen molar-refractivity contribution in [3.05, 3.63) is 87.9 Å². The lowest BCUT2D eigenvalue weighted by atomic mass is 9.98. The molecule has 8 nitrogen and oxygen atoms in total. The van der Waals surface area contributed by atoms with Crippen LogP contribution in [0.4, 0.5) is 10.5 Å². The van der Waals surface area contributed by atoms with Crippen molar-refractivity contribution in [2.45, 2.75) is 5.92 Å². The molecule has 0 atom stereocenters. The van der Waals surface area contributed by atoms with Gasteiger partial charge in [0.05, 0.1) is 17.9 Å². The van der Waals surface area contributed by atoms with Crippen molar-refractivity contribution in [3.63, 3.8) is 0 Å². The van der Waals surface area contributed by atoms with E-state index >= 15 is 0 Å². The number of para-hydroxylation sites is 1. The molecule has 180 valence electrons. The van der Waals surface area contributed by atoms with Gasteiger partial charge in [0.15, 0.2) is 0 Å². The van der Waals surface area contributed by atoms with Gasteiger partial charge in [0.25, 0.3) is 0 Å². The predicted molar refractivity (Wildman–Crippen MR) is 134 cm³/mol. The Balaban J connectivity index is 1.19. The van der Waals surface area contributed by atoms with Crippen LogP contribution in [0.25, 0.3) is 11.1 Å². The number of anilines is 1. The maximum Gasteiger partial charge on any atom is 0.407 e. The summed E-state index contributed by atoms with van der Waals surface area (Å²) in [5.41, 5.74) is 4.69. The summed E-state index contributed by atoms with van der Waals surface area (Å²) >= 11 is 3.23. The van der Waals surface area contributed by atoms with Crippen molar-refractivity contribution in [1.29, 1.82) is 0 Å². The molecule has 0 unspecified atom stereocenters. The van der Waals surface area contributed by atoms with Crippen LogP contribution in [0.1, 0.15) is 27.4 Å². The first-order chi connectivity index (χ1) is 17.0. The average molecular weight is 539 g/mol.